The molecule has 90 valence electrons. The van der Waals surface area contributed by atoms with Crippen LogP contribution in [0, 0.1) is 0 Å². The second-order valence-corrected chi connectivity index (χ2v) is 6.00. The zero-order valence-electron chi connectivity index (χ0n) is 9.27. The zero-order chi connectivity index (χ0) is 11.8. The number of aliphatic hydroxyl groups is 1. The summed E-state index contributed by atoms with van der Waals surface area (Å²) in [6.45, 7) is 1.19. The van der Waals surface area contributed by atoms with Crippen LogP contribution in [-0.2, 0) is 6.54 Å². The summed E-state index contributed by atoms with van der Waals surface area (Å²) in [7, 11) is 0. The van der Waals surface area contributed by atoms with Crippen molar-refractivity contribution < 1.29 is 5.11 Å². The highest BCUT2D eigenvalue weighted by Crippen LogP contribution is 2.35. The van der Waals surface area contributed by atoms with Crippen molar-refractivity contribution in [2.45, 2.75) is 25.3 Å². The predicted molar refractivity (Wildman–Crippen MR) is 69.6 cm³/mol. The Morgan fingerprint density at radius 1 is 1.53 bits per heavy atom. The molecule has 0 amide bonds. The van der Waals surface area contributed by atoms with Gasteiger partial charge in [0.15, 0.2) is 0 Å². The molecule has 1 atom stereocenters. The molecule has 1 aliphatic heterocycles. The third kappa shape index (κ3) is 1.90. The van der Waals surface area contributed by atoms with Crippen molar-refractivity contribution in [1.29, 1.82) is 0 Å². The minimum absolute atomic E-state index is 0.205. The summed E-state index contributed by atoms with van der Waals surface area (Å²) >= 11 is 7.50. The fourth-order valence-corrected chi connectivity index (χ4v) is 3.46. The fraction of sp³-hybridized carbons (Fsp3) is 0.417. The molecule has 0 aromatic carbocycles. The third-order valence-corrected chi connectivity index (χ3v) is 4.48. The van der Waals surface area contributed by atoms with Gasteiger partial charge in [-0.1, -0.05) is 11.6 Å². The molecule has 17 heavy (non-hydrogen) atoms. The minimum atomic E-state index is 0.205. The van der Waals surface area contributed by atoms with E-state index in [0.717, 1.165) is 40.1 Å². The van der Waals surface area contributed by atoms with Gasteiger partial charge >= 0.3 is 0 Å². The fourth-order valence-electron chi connectivity index (χ4n) is 2.41. The maximum Gasteiger partial charge on any atom is 0.150 e. The van der Waals surface area contributed by atoms with Gasteiger partial charge in [0.1, 0.15) is 5.82 Å². The summed E-state index contributed by atoms with van der Waals surface area (Å²) in [5, 5.41) is 9.36. The number of thiophene rings is 1. The first kappa shape index (κ1) is 11.3. The number of hydrogen-bond acceptors (Lipinski definition) is 3. The first-order valence-corrected chi connectivity index (χ1v) is 6.91. The van der Waals surface area contributed by atoms with Gasteiger partial charge < -0.3 is 9.67 Å². The molecule has 3 nitrogen and oxygen atoms in total. The van der Waals surface area contributed by atoms with Gasteiger partial charge in [0, 0.05) is 24.4 Å². The summed E-state index contributed by atoms with van der Waals surface area (Å²) in [5.74, 6) is 1.22. The number of halogens is 1. The van der Waals surface area contributed by atoms with Gasteiger partial charge in [-0.3, -0.25) is 0 Å². The van der Waals surface area contributed by atoms with Gasteiger partial charge in [-0.15, -0.1) is 11.3 Å². The van der Waals surface area contributed by atoms with E-state index in [1.54, 1.807) is 11.3 Å². The van der Waals surface area contributed by atoms with Crippen LogP contribution in [0.15, 0.2) is 18.3 Å². The van der Waals surface area contributed by atoms with Crippen molar-refractivity contribution in [1.82, 2.24) is 9.55 Å². The van der Waals surface area contributed by atoms with Crippen LogP contribution in [0.5, 0.6) is 0 Å². The van der Waals surface area contributed by atoms with E-state index in [0.29, 0.717) is 0 Å². The van der Waals surface area contributed by atoms with Crippen LogP contribution in [0.4, 0.5) is 0 Å². The van der Waals surface area contributed by atoms with Gasteiger partial charge in [-0.05, 0) is 25.0 Å². The Bertz CT molecular complexity index is 534. The number of fused-ring (bicyclic) bond motifs is 1. The van der Waals surface area contributed by atoms with E-state index in [4.69, 9.17) is 11.6 Å². The predicted octanol–water partition coefficient (Wildman–Crippen LogP) is 3.13. The highest BCUT2D eigenvalue weighted by atomic mass is 35.5. The molecule has 0 spiro atoms. The van der Waals surface area contributed by atoms with Crippen LogP contribution in [0.1, 0.15) is 24.5 Å². The van der Waals surface area contributed by atoms with Crippen molar-refractivity contribution >= 4 is 22.9 Å². The van der Waals surface area contributed by atoms with Crippen LogP contribution in [-0.4, -0.2) is 21.3 Å². The number of nitrogens with zero attached hydrogens (tertiary/aromatic N) is 2. The molecular formula is C12H13ClN2OS. The second-order valence-electron chi connectivity index (χ2n) is 4.28. The van der Waals surface area contributed by atoms with E-state index < -0.39 is 0 Å². The van der Waals surface area contributed by atoms with E-state index in [1.807, 2.05) is 18.3 Å². The topological polar surface area (TPSA) is 38.0 Å². The van der Waals surface area contributed by atoms with Crippen molar-refractivity contribution in [3.63, 3.8) is 0 Å². The molecule has 1 unspecified atom stereocenters. The Balaban J connectivity index is 2.05. The van der Waals surface area contributed by atoms with Crippen LogP contribution < -0.4 is 0 Å². The Morgan fingerprint density at radius 3 is 3.12 bits per heavy atom. The highest BCUT2D eigenvalue weighted by Gasteiger charge is 2.23. The molecular weight excluding hydrogens is 256 g/mol. The Kier molecular flexibility index (Phi) is 2.94. The quantitative estimate of drug-likeness (QED) is 0.909. The lowest BCUT2D eigenvalue weighted by atomic mass is 9.97. The summed E-state index contributed by atoms with van der Waals surface area (Å²) in [6, 6.07) is 3.90. The van der Waals surface area contributed by atoms with Crippen molar-refractivity contribution in [3.05, 3.63) is 28.4 Å². The standard InChI is InChI=1S/C12H13ClN2OS/c13-11-4-3-10(17-11)12-14-6-9-8(7-16)2-1-5-15(9)12/h3-4,6,8,16H,1-2,5,7H2. The monoisotopic (exact) mass is 268 g/mol. The van der Waals surface area contributed by atoms with Crippen LogP contribution in [0.25, 0.3) is 10.7 Å². The number of imidazole rings is 1. The summed E-state index contributed by atoms with van der Waals surface area (Å²) < 4.78 is 3.00. The van der Waals surface area contributed by atoms with Crippen molar-refractivity contribution in [2.75, 3.05) is 6.61 Å². The maximum atomic E-state index is 9.36. The van der Waals surface area contributed by atoms with Crippen LogP contribution in [0.3, 0.4) is 0 Å². The van der Waals surface area contributed by atoms with Crippen molar-refractivity contribution in [3.8, 4) is 10.7 Å². The van der Waals surface area contributed by atoms with Crippen molar-refractivity contribution in [2.24, 2.45) is 0 Å². The molecule has 1 aliphatic rings. The van der Waals surface area contributed by atoms with Gasteiger partial charge in [-0.25, -0.2) is 4.98 Å². The van der Waals surface area contributed by atoms with E-state index >= 15 is 0 Å². The largest absolute Gasteiger partial charge is 0.396 e. The summed E-state index contributed by atoms with van der Waals surface area (Å²) in [5.41, 5.74) is 1.15. The molecule has 3 rings (SSSR count). The molecule has 0 aliphatic carbocycles. The van der Waals surface area contributed by atoms with Gasteiger partial charge in [0.25, 0.3) is 0 Å². The third-order valence-electron chi connectivity index (χ3n) is 3.25. The van der Waals surface area contributed by atoms with Gasteiger partial charge in [0.05, 0.1) is 15.8 Å². The maximum absolute atomic E-state index is 9.36. The first-order valence-electron chi connectivity index (χ1n) is 5.71. The SMILES string of the molecule is OCC1CCCn2c1cnc2-c1ccc(Cl)s1. The summed E-state index contributed by atoms with van der Waals surface area (Å²) in [4.78, 5) is 5.58. The molecule has 0 saturated heterocycles. The van der Waals surface area contributed by atoms with E-state index in [-0.39, 0.29) is 12.5 Å². The number of aromatic nitrogens is 2. The molecule has 0 bridgehead atoms. The lowest BCUT2D eigenvalue weighted by Crippen LogP contribution is -2.18. The first-order chi connectivity index (χ1) is 8.29. The molecule has 5 heteroatoms. The smallest absolute Gasteiger partial charge is 0.150 e. The lowest BCUT2D eigenvalue weighted by molar-refractivity contribution is 0.241. The molecule has 2 aromatic heterocycles. The number of hydrogen-bond donors (Lipinski definition) is 1. The van der Waals surface area contributed by atoms with Gasteiger partial charge in [-0.2, -0.15) is 0 Å². The number of rotatable bonds is 2. The molecule has 0 radical (unpaired) electrons. The van der Waals surface area contributed by atoms with E-state index in [1.165, 1.54) is 0 Å². The summed E-state index contributed by atoms with van der Waals surface area (Å²) in [6.07, 6.45) is 4.04. The average Bonchev–Trinajstić information content (AvgIpc) is 2.94. The molecule has 0 fully saturated rings. The Morgan fingerprint density at radius 2 is 2.41 bits per heavy atom. The molecule has 0 saturated carbocycles. The minimum Gasteiger partial charge on any atom is -0.396 e. The van der Waals surface area contributed by atoms with E-state index in [9.17, 15) is 5.11 Å². The zero-order valence-corrected chi connectivity index (χ0v) is 10.8. The normalized spacial score (nSPS) is 19.3. The molecule has 2 aromatic rings. The molecule has 3 heterocycles. The molecule has 1 N–H and O–H groups in total. The van der Waals surface area contributed by atoms with Crippen LogP contribution >= 0.6 is 22.9 Å². The number of aliphatic hydroxyl groups excluding tert-OH is 1. The van der Waals surface area contributed by atoms with Gasteiger partial charge in [0.2, 0.25) is 0 Å². The Labute approximate surface area is 109 Å². The average molecular weight is 269 g/mol. The lowest BCUT2D eigenvalue weighted by Gasteiger charge is -2.23. The Hall–Kier alpha value is -0.840. The van der Waals surface area contributed by atoms with E-state index in [2.05, 4.69) is 9.55 Å². The highest BCUT2D eigenvalue weighted by molar-refractivity contribution is 7.19. The van der Waals surface area contributed by atoms with Crippen LogP contribution in [0.2, 0.25) is 4.34 Å². The second kappa shape index (κ2) is 4.44.